The average molecular weight is 389 g/mol. The molecular formula is C20H23NO7. The summed E-state index contributed by atoms with van der Waals surface area (Å²) in [5.74, 6) is -1.67. The van der Waals surface area contributed by atoms with E-state index >= 15 is 0 Å². The summed E-state index contributed by atoms with van der Waals surface area (Å²) in [5.41, 5.74) is 1.81. The first kappa shape index (κ1) is 19.9. The molecular weight excluding hydrogens is 366 g/mol. The lowest BCUT2D eigenvalue weighted by Crippen LogP contribution is -2.54. The quantitative estimate of drug-likeness (QED) is 0.583. The molecule has 2 aromatic rings. The summed E-state index contributed by atoms with van der Waals surface area (Å²) >= 11 is 0. The van der Waals surface area contributed by atoms with E-state index in [0.29, 0.717) is 0 Å². The summed E-state index contributed by atoms with van der Waals surface area (Å²) < 4.78 is 24.0. The Kier molecular flexibility index (Phi) is 5.69. The summed E-state index contributed by atoms with van der Waals surface area (Å²) in [6, 6.07) is 7.72. The minimum absolute atomic E-state index is 0.00673. The summed E-state index contributed by atoms with van der Waals surface area (Å²) in [7, 11) is 1.95. The number of aryl methyl sites for hydroxylation is 1. The van der Waals surface area contributed by atoms with Gasteiger partial charge < -0.3 is 23.5 Å². The van der Waals surface area contributed by atoms with Crippen molar-refractivity contribution in [1.82, 2.24) is 4.57 Å². The van der Waals surface area contributed by atoms with Crippen LogP contribution < -0.4 is 0 Å². The number of hydrogen-bond donors (Lipinski definition) is 0. The van der Waals surface area contributed by atoms with Crippen LogP contribution in [0.1, 0.15) is 32.4 Å². The second kappa shape index (κ2) is 8.02. The third-order valence-corrected chi connectivity index (χ3v) is 4.59. The lowest BCUT2D eigenvalue weighted by atomic mass is 9.93. The number of nitrogens with zero attached hydrogens (tertiary/aromatic N) is 1. The minimum Gasteiger partial charge on any atom is -0.456 e. The van der Waals surface area contributed by atoms with Crippen molar-refractivity contribution in [3.05, 3.63) is 36.0 Å². The van der Waals surface area contributed by atoms with Gasteiger partial charge >= 0.3 is 17.9 Å². The van der Waals surface area contributed by atoms with Crippen LogP contribution >= 0.6 is 0 Å². The van der Waals surface area contributed by atoms with Gasteiger partial charge in [0, 0.05) is 39.5 Å². The maximum absolute atomic E-state index is 11.7. The van der Waals surface area contributed by atoms with Crippen molar-refractivity contribution < 1.29 is 33.3 Å². The van der Waals surface area contributed by atoms with E-state index in [2.05, 4.69) is 0 Å². The van der Waals surface area contributed by atoms with Crippen molar-refractivity contribution in [2.45, 2.75) is 45.2 Å². The fourth-order valence-electron chi connectivity index (χ4n) is 3.50. The molecule has 8 nitrogen and oxygen atoms in total. The molecule has 0 spiro atoms. The molecule has 1 aromatic carbocycles. The van der Waals surface area contributed by atoms with Crippen LogP contribution in [0.4, 0.5) is 0 Å². The van der Waals surface area contributed by atoms with E-state index < -0.39 is 42.3 Å². The van der Waals surface area contributed by atoms with Gasteiger partial charge in [-0.2, -0.15) is 0 Å². The molecule has 150 valence electrons. The number of rotatable bonds is 4. The summed E-state index contributed by atoms with van der Waals surface area (Å²) in [4.78, 5) is 34.8. The Morgan fingerprint density at radius 3 is 2.25 bits per heavy atom. The molecule has 1 fully saturated rings. The SMILES string of the molecule is CC(=O)O[C@@H]1[C@H](OC(C)=O)[C@H](OC(C)=O)CO[C@H]1c1ccc2c(ccn2C)c1. The molecule has 0 aliphatic carbocycles. The smallest absolute Gasteiger partial charge is 0.303 e. The number of benzene rings is 1. The molecule has 1 aliphatic heterocycles. The Morgan fingerprint density at radius 1 is 0.964 bits per heavy atom. The zero-order chi connectivity index (χ0) is 20.4. The molecule has 0 amide bonds. The maximum Gasteiger partial charge on any atom is 0.303 e. The van der Waals surface area contributed by atoms with E-state index in [1.165, 1.54) is 20.8 Å². The standard InChI is InChI=1S/C20H23NO7/c1-11(22)26-17-10-25-18(20(28-13(3)24)19(17)27-12(2)23)15-5-6-16-14(9-15)7-8-21(16)4/h5-9,17-20H,10H2,1-4H3/t17-,18+,19-,20+/m1/s1. The molecule has 0 N–H and O–H groups in total. The monoisotopic (exact) mass is 389 g/mol. The zero-order valence-electron chi connectivity index (χ0n) is 16.2. The molecule has 2 heterocycles. The lowest BCUT2D eigenvalue weighted by Gasteiger charge is -2.40. The van der Waals surface area contributed by atoms with E-state index in [0.717, 1.165) is 16.5 Å². The van der Waals surface area contributed by atoms with Crippen LogP contribution in [0.15, 0.2) is 30.5 Å². The normalized spacial score (nSPS) is 24.6. The van der Waals surface area contributed by atoms with Gasteiger partial charge in [-0.1, -0.05) is 6.07 Å². The van der Waals surface area contributed by atoms with Crippen LogP contribution in [-0.4, -0.2) is 47.4 Å². The predicted molar refractivity (Wildman–Crippen MR) is 98.3 cm³/mol. The molecule has 0 unspecified atom stereocenters. The summed E-state index contributed by atoms with van der Waals surface area (Å²) in [6.45, 7) is 3.77. The Hall–Kier alpha value is -2.87. The fourth-order valence-corrected chi connectivity index (χ4v) is 3.50. The van der Waals surface area contributed by atoms with Crippen LogP contribution in [0.2, 0.25) is 0 Å². The van der Waals surface area contributed by atoms with Gasteiger partial charge in [0.05, 0.1) is 6.61 Å². The van der Waals surface area contributed by atoms with Crippen LogP contribution in [0.5, 0.6) is 0 Å². The Labute approximate surface area is 162 Å². The third kappa shape index (κ3) is 4.17. The molecule has 1 aromatic heterocycles. The van der Waals surface area contributed by atoms with E-state index in [1.54, 1.807) is 0 Å². The average Bonchev–Trinajstić information content (AvgIpc) is 2.97. The van der Waals surface area contributed by atoms with Crippen LogP contribution in [0.25, 0.3) is 10.9 Å². The molecule has 1 aliphatic rings. The fraction of sp³-hybridized carbons (Fsp3) is 0.450. The summed E-state index contributed by atoms with van der Waals surface area (Å²) in [6.07, 6.45) is -1.54. The number of ether oxygens (including phenoxy) is 4. The van der Waals surface area contributed by atoms with E-state index in [9.17, 15) is 14.4 Å². The topological polar surface area (TPSA) is 93.1 Å². The van der Waals surface area contributed by atoms with Crippen molar-refractivity contribution in [3.8, 4) is 0 Å². The van der Waals surface area contributed by atoms with Gasteiger partial charge in [-0.25, -0.2) is 0 Å². The van der Waals surface area contributed by atoms with Crippen LogP contribution in [0, 0.1) is 0 Å². The zero-order valence-corrected chi connectivity index (χ0v) is 16.2. The van der Waals surface area contributed by atoms with E-state index in [1.807, 2.05) is 42.1 Å². The maximum atomic E-state index is 11.7. The number of hydrogen-bond acceptors (Lipinski definition) is 7. The molecule has 0 radical (unpaired) electrons. The first-order valence-corrected chi connectivity index (χ1v) is 8.94. The lowest BCUT2D eigenvalue weighted by molar-refractivity contribution is -0.227. The Balaban J connectivity index is 1.98. The third-order valence-electron chi connectivity index (χ3n) is 4.59. The highest BCUT2D eigenvalue weighted by Crippen LogP contribution is 2.35. The molecule has 4 atom stereocenters. The van der Waals surface area contributed by atoms with Gasteiger partial charge in [0.25, 0.3) is 0 Å². The van der Waals surface area contributed by atoms with Gasteiger partial charge in [0.1, 0.15) is 6.10 Å². The van der Waals surface area contributed by atoms with E-state index in [4.69, 9.17) is 18.9 Å². The van der Waals surface area contributed by atoms with Crippen LogP contribution in [-0.2, 0) is 40.4 Å². The van der Waals surface area contributed by atoms with Crippen molar-refractivity contribution in [2.75, 3.05) is 6.61 Å². The van der Waals surface area contributed by atoms with Gasteiger partial charge in [-0.15, -0.1) is 0 Å². The first-order valence-electron chi connectivity index (χ1n) is 8.94. The number of carbonyl (C=O) groups excluding carboxylic acids is 3. The molecule has 0 bridgehead atoms. The summed E-state index contributed by atoms with van der Waals surface area (Å²) in [5, 5.41) is 0.997. The van der Waals surface area contributed by atoms with E-state index in [-0.39, 0.29) is 6.61 Å². The highest BCUT2D eigenvalue weighted by Gasteiger charge is 2.47. The van der Waals surface area contributed by atoms with Crippen molar-refractivity contribution in [3.63, 3.8) is 0 Å². The van der Waals surface area contributed by atoms with Gasteiger partial charge in [0.2, 0.25) is 0 Å². The molecule has 0 saturated carbocycles. The van der Waals surface area contributed by atoms with Gasteiger partial charge in [-0.3, -0.25) is 14.4 Å². The minimum atomic E-state index is -0.976. The van der Waals surface area contributed by atoms with Crippen molar-refractivity contribution >= 4 is 28.8 Å². The highest BCUT2D eigenvalue weighted by atomic mass is 16.6. The Morgan fingerprint density at radius 2 is 1.61 bits per heavy atom. The highest BCUT2D eigenvalue weighted by molar-refractivity contribution is 5.81. The molecule has 28 heavy (non-hydrogen) atoms. The Bertz CT molecular complexity index is 903. The van der Waals surface area contributed by atoms with Crippen molar-refractivity contribution in [1.29, 1.82) is 0 Å². The molecule has 3 rings (SSSR count). The second-order valence-corrected chi connectivity index (χ2v) is 6.79. The van der Waals surface area contributed by atoms with Crippen molar-refractivity contribution in [2.24, 2.45) is 7.05 Å². The second-order valence-electron chi connectivity index (χ2n) is 6.79. The number of carbonyl (C=O) groups is 3. The predicted octanol–water partition coefficient (Wildman–Crippen LogP) is 2.04. The molecule has 1 saturated heterocycles. The van der Waals surface area contributed by atoms with Gasteiger partial charge in [-0.05, 0) is 29.1 Å². The number of esters is 3. The molecule has 8 heteroatoms. The number of fused-ring (bicyclic) bond motifs is 1. The van der Waals surface area contributed by atoms with Gasteiger partial charge in [0.15, 0.2) is 18.3 Å². The first-order chi connectivity index (χ1) is 13.3. The number of aromatic nitrogens is 1. The largest absolute Gasteiger partial charge is 0.456 e. The van der Waals surface area contributed by atoms with Crippen LogP contribution in [0.3, 0.4) is 0 Å².